The van der Waals surface area contributed by atoms with E-state index in [0.29, 0.717) is 6.42 Å². The van der Waals surface area contributed by atoms with Crippen LogP contribution in [-0.2, 0) is 12.8 Å². The van der Waals surface area contributed by atoms with Crippen LogP contribution in [-0.4, -0.2) is 12.4 Å². The Bertz CT molecular complexity index is 602. The van der Waals surface area contributed by atoms with E-state index in [4.69, 9.17) is 4.74 Å². The van der Waals surface area contributed by atoms with Crippen LogP contribution in [0.5, 0.6) is 5.75 Å². The average molecular weight is 266 g/mol. The monoisotopic (exact) mass is 266 g/mol. The Hall–Kier alpha value is -2.09. The Morgan fingerprint density at radius 3 is 2.80 bits per heavy atom. The Labute approximate surface area is 119 Å². The summed E-state index contributed by atoms with van der Waals surface area (Å²) in [5, 5.41) is 0. The van der Waals surface area contributed by atoms with Gasteiger partial charge in [-0.25, -0.2) is 0 Å². The summed E-state index contributed by atoms with van der Waals surface area (Å²) in [7, 11) is 0. The largest absolute Gasteiger partial charge is 0.493 e. The van der Waals surface area contributed by atoms with Crippen molar-refractivity contribution < 1.29 is 9.53 Å². The van der Waals surface area contributed by atoms with Gasteiger partial charge >= 0.3 is 0 Å². The molecule has 0 fully saturated rings. The lowest BCUT2D eigenvalue weighted by molar-refractivity contribution is 0.0980. The Balaban J connectivity index is 1.57. The Morgan fingerprint density at radius 2 is 1.95 bits per heavy atom. The molecule has 0 bridgehead atoms. The quantitative estimate of drug-likeness (QED) is 0.769. The molecule has 0 amide bonds. The third-order valence-electron chi connectivity index (χ3n) is 3.72. The van der Waals surface area contributed by atoms with Crippen molar-refractivity contribution in [3.8, 4) is 5.75 Å². The predicted molar refractivity (Wildman–Crippen MR) is 79.4 cm³/mol. The van der Waals surface area contributed by atoms with Gasteiger partial charge in [-0.1, -0.05) is 30.3 Å². The molecule has 0 N–H and O–H groups in total. The maximum atomic E-state index is 12.2. The molecule has 0 aromatic heterocycles. The number of rotatable bonds is 5. The number of carbonyl (C=O) groups excluding carboxylic acids is 1. The molecule has 2 heteroatoms. The minimum atomic E-state index is 0.232. The van der Waals surface area contributed by atoms with Crippen LogP contribution in [0.2, 0.25) is 0 Å². The number of hydrogen-bond donors (Lipinski definition) is 0. The first-order valence-corrected chi connectivity index (χ1v) is 7.16. The van der Waals surface area contributed by atoms with Gasteiger partial charge in [-0.15, -0.1) is 0 Å². The molecule has 2 aromatic rings. The summed E-state index contributed by atoms with van der Waals surface area (Å²) < 4.78 is 5.46. The van der Waals surface area contributed by atoms with Gasteiger partial charge in [0, 0.05) is 18.4 Å². The molecular weight excluding hydrogens is 248 g/mol. The van der Waals surface area contributed by atoms with Crippen molar-refractivity contribution in [2.24, 2.45) is 0 Å². The fraction of sp³-hybridized carbons (Fsp3) is 0.278. The molecule has 1 aliphatic rings. The maximum Gasteiger partial charge on any atom is 0.162 e. The summed E-state index contributed by atoms with van der Waals surface area (Å²) >= 11 is 0. The van der Waals surface area contributed by atoms with E-state index in [2.05, 4.69) is 12.1 Å². The number of fused-ring (bicyclic) bond motifs is 1. The molecule has 2 nitrogen and oxygen atoms in total. The predicted octanol–water partition coefficient (Wildman–Crippen LogP) is 3.83. The topological polar surface area (TPSA) is 26.3 Å². The second-order valence-electron chi connectivity index (χ2n) is 5.18. The van der Waals surface area contributed by atoms with E-state index in [1.54, 1.807) is 0 Å². The molecule has 20 heavy (non-hydrogen) atoms. The summed E-state index contributed by atoms with van der Waals surface area (Å²) in [4.78, 5) is 12.2. The first-order chi connectivity index (χ1) is 9.83. The second-order valence-corrected chi connectivity index (χ2v) is 5.18. The molecule has 2 aromatic carbocycles. The number of ketones is 1. The first kappa shape index (κ1) is 12.9. The Kier molecular flexibility index (Phi) is 3.82. The van der Waals surface area contributed by atoms with Gasteiger partial charge in [-0.05, 0) is 42.2 Å². The van der Waals surface area contributed by atoms with Crippen molar-refractivity contribution in [3.63, 3.8) is 0 Å². The smallest absolute Gasteiger partial charge is 0.162 e. The highest BCUT2D eigenvalue weighted by atomic mass is 16.5. The zero-order valence-corrected chi connectivity index (χ0v) is 11.5. The molecule has 0 saturated heterocycles. The van der Waals surface area contributed by atoms with Gasteiger partial charge < -0.3 is 4.74 Å². The lowest BCUT2D eigenvalue weighted by Crippen LogP contribution is -2.00. The summed E-state index contributed by atoms with van der Waals surface area (Å²) in [6.45, 7) is 0.737. The number of hydrogen-bond acceptors (Lipinski definition) is 2. The highest BCUT2D eigenvalue weighted by molar-refractivity contribution is 5.96. The number of Topliss-reactive ketones (excluding diaryl/α,β-unsaturated/α-hetero) is 1. The Morgan fingerprint density at radius 1 is 1.10 bits per heavy atom. The minimum absolute atomic E-state index is 0.232. The van der Waals surface area contributed by atoms with E-state index in [1.807, 2.05) is 36.4 Å². The van der Waals surface area contributed by atoms with Gasteiger partial charge in [-0.2, -0.15) is 0 Å². The zero-order chi connectivity index (χ0) is 13.8. The van der Waals surface area contributed by atoms with E-state index in [-0.39, 0.29) is 5.78 Å². The lowest BCUT2D eigenvalue weighted by Gasteiger charge is -2.04. The number of carbonyl (C=O) groups is 1. The van der Waals surface area contributed by atoms with E-state index < -0.39 is 0 Å². The van der Waals surface area contributed by atoms with E-state index >= 15 is 0 Å². The average Bonchev–Trinajstić information content (AvgIpc) is 2.95. The van der Waals surface area contributed by atoms with Crippen molar-refractivity contribution in [1.82, 2.24) is 0 Å². The molecule has 1 heterocycles. The fourth-order valence-corrected chi connectivity index (χ4v) is 2.60. The molecule has 0 atom stereocenters. The van der Waals surface area contributed by atoms with Crippen LogP contribution in [0.25, 0.3) is 0 Å². The van der Waals surface area contributed by atoms with Crippen molar-refractivity contribution in [1.29, 1.82) is 0 Å². The number of benzene rings is 2. The second kappa shape index (κ2) is 5.91. The minimum Gasteiger partial charge on any atom is -0.493 e. The lowest BCUT2D eigenvalue weighted by atomic mass is 10.0. The molecule has 102 valence electrons. The van der Waals surface area contributed by atoms with Crippen molar-refractivity contribution in [3.05, 3.63) is 65.2 Å². The highest BCUT2D eigenvalue weighted by Crippen LogP contribution is 2.26. The maximum absolute atomic E-state index is 12.2. The van der Waals surface area contributed by atoms with Crippen LogP contribution < -0.4 is 4.74 Å². The SMILES string of the molecule is O=C(CCCc1ccccc1)c1ccc2c(c1)CCO2. The van der Waals surface area contributed by atoms with Gasteiger partial charge in [0.1, 0.15) is 5.75 Å². The third-order valence-corrected chi connectivity index (χ3v) is 3.72. The van der Waals surface area contributed by atoms with Gasteiger partial charge in [0.2, 0.25) is 0 Å². The standard InChI is InChI=1S/C18H18O2/c19-17(8-4-7-14-5-2-1-3-6-14)15-9-10-18-16(13-15)11-12-20-18/h1-3,5-6,9-10,13H,4,7-8,11-12H2. The normalized spacial score (nSPS) is 12.8. The molecule has 3 rings (SSSR count). The molecule has 0 saturated carbocycles. The van der Waals surface area contributed by atoms with E-state index in [1.165, 1.54) is 11.1 Å². The first-order valence-electron chi connectivity index (χ1n) is 7.16. The van der Waals surface area contributed by atoms with Gasteiger partial charge in [0.25, 0.3) is 0 Å². The molecule has 0 spiro atoms. The van der Waals surface area contributed by atoms with Gasteiger partial charge in [0.05, 0.1) is 6.61 Å². The van der Waals surface area contributed by atoms with Crippen molar-refractivity contribution in [2.75, 3.05) is 6.61 Å². The molecule has 0 aliphatic carbocycles. The summed E-state index contributed by atoms with van der Waals surface area (Å²) in [5.74, 6) is 1.17. The van der Waals surface area contributed by atoms with Crippen LogP contribution in [0.1, 0.15) is 34.3 Å². The van der Waals surface area contributed by atoms with Crippen molar-refractivity contribution in [2.45, 2.75) is 25.7 Å². The summed E-state index contributed by atoms with van der Waals surface area (Å²) in [6.07, 6.45) is 3.38. The highest BCUT2D eigenvalue weighted by Gasteiger charge is 2.14. The van der Waals surface area contributed by atoms with Crippen LogP contribution in [0.15, 0.2) is 48.5 Å². The van der Waals surface area contributed by atoms with Crippen molar-refractivity contribution >= 4 is 5.78 Å². The van der Waals surface area contributed by atoms with Gasteiger partial charge in [0.15, 0.2) is 5.78 Å². The summed E-state index contributed by atoms with van der Waals surface area (Å²) in [6, 6.07) is 16.1. The summed E-state index contributed by atoms with van der Waals surface area (Å²) in [5.41, 5.74) is 3.28. The third kappa shape index (κ3) is 2.90. The van der Waals surface area contributed by atoms with Crippen LogP contribution >= 0.6 is 0 Å². The number of ether oxygens (including phenoxy) is 1. The van der Waals surface area contributed by atoms with Gasteiger partial charge in [-0.3, -0.25) is 4.79 Å². The fourth-order valence-electron chi connectivity index (χ4n) is 2.60. The van der Waals surface area contributed by atoms with Crippen LogP contribution in [0.4, 0.5) is 0 Å². The molecule has 0 radical (unpaired) electrons. The van der Waals surface area contributed by atoms with Crippen LogP contribution in [0.3, 0.4) is 0 Å². The van der Waals surface area contributed by atoms with Crippen LogP contribution in [0, 0.1) is 0 Å². The molecule has 0 unspecified atom stereocenters. The van der Waals surface area contributed by atoms with E-state index in [9.17, 15) is 4.79 Å². The zero-order valence-electron chi connectivity index (χ0n) is 11.5. The van der Waals surface area contributed by atoms with E-state index in [0.717, 1.165) is 37.2 Å². The number of aryl methyl sites for hydroxylation is 1. The molecule has 1 aliphatic heterocycles. The molecular formula is C18H18O2.